The van der Waals surface area contributed by atoms with Crippen molar-refractivity contribution in [3.63, 3.8) is 0 Å². The standard InChI is InChI=1S/C8H10N2/c1-7(3-5-9)8(2)4-6-10/h3-4H2,1-2H3/b8-7+. The lowest BCUT2D eigenvalue weighted by atomic mass is 10.1. The van der Waals surface area contributed by atoms with Crippen molar-refractivity contribution in [3.05, 3.63) is 11.1 Å². The van der Waals surface area contributed by atoms with Crippen LogP contribution in [0.1, 0.15) is 26.7 Å². The van der Waals surface area contributed by atoms with E-state index in [9.17, 15) is 0 Å². The summed E-state index contributed by atoms with van der Waals surface area (Å²) in [6, 6.07) is 4.08. The van der Waals surface area contributed by atoms with E-state index in [1.165, 1.54) is 0 Å². The van der Waals surface area contributed by atoms with Crippen LogP contribution >= 0.6 is 0 Å². The zero-order valence-electron chi connectivity index (χ0n) is 6.31. The maximum atomic E-state index is 8.29. The highest BCUT2D eigenvalue weighted by atomic mass is 14.2. The lowest BCUT2D eigenvalue weighted by molar-refractivity contribution is 1.08. The minimum absolute atomic E-state index is 0.438. The number of rotatable bonds is 2. The first-order valence-electron chi connectivity index (χ1n) is 3.11. The van der Waals surface area contributed by atoms with Gasteiger partial charge >= 0.3 is 0 Å². The van der Waals surface area contributed by atoms with Crippen LogP contribution in [-0.2, 0) is 0 Å². The molecule has 0 unspecified atom stereocenters. The molecule has 10 heavy (non-hydrogen) atoms. The Morgan fingerprint density at radius 2 is 1.30 bits per heavy atom. The molecular weight excluding hydrogens is 124 g/mol. The van der Waals surface area contributed by atoms with Crippen LogP contribution in [-0.4, -0.2) is 0 Å². The molecule has 0 aromatic heterocycles. The Labute approximate surface area is 61.4 Å². The molecule has 2 heteroatoms. The maximum Gasteiger partial charge on any atom is 0.0666 e. The van der Waals surface area contributed by atoms with Gasteiger partial charge in [0.1, 0.15) is 0 Å². The topological polar surface area (TPSA) is 47.6 Å². The number of nitrogens with zero attached hydrogens (tertiary/aromatic N) is 2. The molecule has 0 aliphatic carbocycles. The minimum Gasteiger partial charge on any atom is -0.198 e. The fraction of sp³-hybridized carbons (Fsp3) is 0.500. The summed E-state index contributed by atoms with van der Waals surface area (Å²) in [6.45, 7) is 3.77. The van der Waals surface area contributed by atoms with Crippen LogP contribution in [0.25, 0.3) is 0 Å². The van der Waals surface area contributed by atoms with Gasteiger partial charge in [0.15, 0.2) is 0 Å². The molecule has 0 aliphatic rings. The first-order chi connectivity index (χ1) is 4.72. The normalized spacial score (nSPS) is 11.2. The summed E-state index contributed by atoms with van der Waals surface area (Å²) in [7, 11) is 0. The van der Waals surface area contributed by atoms with E-state index < -0.39 is 0 Å². The van der Waals surface area contributed by atoms with Gasteiger partial charge in [-0.15, -0.1) is 0 Å². The van der Waals surface area contributed by atoms with Gasteiger partial charge in [0.2, 0.25) is 0 Å². The average Bonchev–Trinajstić information content (AvgIpc) is 1.89. The molecule has 0 aromatic carbocycles. The monoisotopic (exact) mass is 134 g/mol. The second-order valence-corrected chi connectivity index (χ2v) is 2.23. The van der Waals surface area contributed by atoms with E-state index in [-0.39, 0.29) is 0 Å². The van der Waals surface area contributed by atoms with Gasteiger partial charge in [0, 0.05) is 0 Å². The molecule has 0 aliphatic heterocycles. The molecule has 0 N–H and O–H groups in total. The highest BCUT2D eigenvalue weighted by Gasteiger charge is 1.94. The highest BCUT2D eigenvalue weighted by molar-refractivity contribution is 5.16. The van der Waals surface area contributed by atoms with Crippen LogP contribution < -0.4 is 0 Å². The van der Waals surface area contributed by atoms with Crippen molar-refractivity contribution in [3.8, 4) is 12.1 Å². The van der Waals surface area contributed by atoms with Crippen molar-refractivity contribution >= 4 is 0 Å². The van der Waals surface area contributed by atoms with Crippen molar-refractivity contribution < 1.29 is 0 Å². The van der Waals surface area contributed by atoms with Gasteiger partial charge in [-0.2, -0.15) is 10.5 Å². The van der Waals surface area contributed by atoms with Crippen molar-refractivity contribution in [2.24, 2.45) is 0 Å². The Hall–Kier alpha value is -1.28. The summed E-state index contributed by atoms with van der Waals surface area (Å²) in [5.41, 5.74) is 2.04. The fourth-order valence-corrected chi connectivity index (χ4v) is 0.539. The lowest BCUT2D eigenvalue weighted by Gasteiger charge is -1.96. The quantitative estimate of drug-likeness (QED) is 0.543. The zero-order valence-corrected chi connectivity index (χ0v) is 6.31. The summed E-state index contributed by atoms with van der Waals surface area (Å²) in [5.74, 6) is 0. The zero-order chi connectivity index (χ0) is 7.98. The van der Waals surface area contributed by atoms with Crippen LogP contribution in [0.5, 0.6) is 0 Å². The fourth-order valence-electron chi connectivity index (χ4n) is 0.539. The largest absolute Gasteiger partial charge is 0.198 e. The molecule has 0 saturated carbocycles. The van der Waals surface area contributed by atoms with Crippen LogP contribution in [0.3, 0.4) is 0 Å². The third-order valence-electron chi connectivity index (χ3n) is 1.42. The van der Waals surface area contributed by atoms with Gasteiger partial charge < -0.3 is 0 Å². The molecule has 0 radical (unpaired) electrons. The van der Waals surface area contributed by atoms with Crippen LogP contribution in [0.2, 0.25) is 0 Å². The molecule has 0 rings (SSSR count). The summed E-state index contributed by atoms with van der Waals surface area (Å²) < 4.78 is 0. The Kier molecular flexibility index (Phi) is 4.00. The number of hydrogen-bond acceptors (Lipinski definition) is 2. The molecule has 0 heterocycles. The molecule has 52 valence electrons. The average molecular weight is 134 g/mol. The second-order valence-electron chi connectivity index (χ2n) is 2.23. The molecule has 2 nitrogen and oxygen atoms in total. The SMILES string of the molecule is C/C(CC#N)=C(/C)CC#N. The van der Waals surface area contributed by atoms with E-state index in [1.54, 1.807) is 0 Å². The molecule has 0 saturated heterocycles. The Morgan fingerprint density at radius 1 is 1.00 bits per heavy atom. The minimum atomic E-state index is 0.438. The van der Waals surface area contributed by atoms with E-state index in [0.29, 0.717) is 12.8 Å². The van der Waals surface area contributed by atoms with Crippen LogP contribution in [0.15, 0.2) is 11.1 Å². The van der Waals surface area contributed by atoms with Gasteiger partial charge in [-0.05, 0) is 13.8 Å². The number of hydrogen-bond donors (Lipinski definition) is 0. The Bertz CT molecular complexity index is 188. The first-order valence-corrected chi connectivity index (χ1v) is 3.11. The van der Waals surface area contributed by atoms with Crippen molar-refractivity contribution in [2.75, 3.05) is 0 Å². The van der Waals surface area contributed by atoms with Gasteiger partial charge in [-0.3, -0.25) is 0 Å². The Balaban J connectivity index is 4.11. The van der Waals surface area contributed by atoms with Gasteiger partial charge in [-0.25, -0.2) is 0 Å². The van der Waals surface area contributed by atoms with E-state index >= 15 is 0 Å². The maximum absolute atomic E-state index is 8.29. The van der Waals surface area contributed by atoms with Gasteiger partial charge in [0.25, 0.3) is 0 Å². The second kappa shape index (κ2) is 4.58. The van der Waals surface area contributed by atoms with Crippen molar-refractivity contribution in [1.82, 2.24) is 0 Å². The summed E-state index contributed by atoms with van der Waals surface area (Å²) in [6.07, 6.45) is 0.876. The summed E-state index contributed by atoms with van der Waals surface area (Å²) in [5, 5.41) is 16.6. The van der Waals surface area contributed by atoms with Crippen molar-refractivity contribution in [2.45, 2.75) is 26.7 Å². The molecule has 0 fully saturated rings. The van der Waals surface area contributed by atoms with Gasteiger partial charge in [-0.1, -0.05) is 11.1 Å². The van der Waals surface area contributed by atoms with Crippen molar-refractivity contribution in [1.29, 1.82) is 10.5 Å². The van der Waals surface area contributed by atoms with E-state index in [2.05, 4.69) is 0 Å². The molecular formula is C8H10N2. The lowest BCUT2D eigenvalue weighted by Crippen LogP contribution is -1.81. The first kappa shape index (κ1) is 8.72. The smallest absolute Gasteiger partial charge is 0.0666 e. The predicted molar refractivity (Wildman–Crippen MR) is 38.8 cm³/mol. The van der Waals surface area contributed by atoms with Crippen LogP contribution in [0.4, 0.5) is 0 Å². The molecule has 0 atom stereocenters. The third kappa shape index (κ3) is 2.89. The predicted octanol–water partition coefficient (Wildman–Crippen LogP) is 2.15. The van der Waals surface area contributed by atoms with E-state index in [4.69, 9.17) is 10.5 Å². The van der Waals surface area contributed by atoms with Gasteiger partial charge in [0.05, 0.1) is 25.0 Å². The molecule has 0 aromatic rings. The summed E-state index contributed by atoms with van der Waals surface area (Å²) in [4.78, 5) is 0. The van der Waals surface area contributed by atoms with Crippen LogP contribution in [0, 0.1) is 22.7 Å². The van der Waals surface area contributed by atoms with E-state index in [0.717, 1.165) is 11.1 Å². The number of allylic oxidation sites excluding steroid dienone is 2. The third-order valence-corrected chi connectivity index (χ3v) is 1.42. The summed E-state index contributed by atoms with van der Waals surface area (Å²) >= 11 is 0. The molecule has 0 spiro atoms. The van der Waals surface area contributed by atoms with E-state index in [1.807, 2.05) is 26.0 Å². The molecule has 0 amide bonds. The molecule has 0 bridgehead atoms. The number of nitriles is 2. The Morgan fingerprint density at radius 3 is 1.50 bits per heavy atom. The highest BCUT2D eigenvalue weighted by Crippen LogP contribution is 2.09.